The van der Waals surface area contributed by atoms with Crippen LogP contribution in [0.4, 0.5) is 18.9 Å². The Morgan fingerprint density at radius 1 is 1.10 bits per heavy atom. The van der Waals surface area contributed by atoms with Crippen molar-refractivity contribution in [2.45, 2.75) is 38.6 Å². The summed E-state index contributed by atoms with van der Waals surface area (Å²) in [6.45, 7) is 3.87. The molecule has 2 aromatic rings. The molecule has 30 heavy (non-hydrogen) atoms. The summed E-state index contributed by atoms with van der Waals surface area (Å²) in [5.74, 6) is -0.336. The number of hydrogen-bond acceptors (Lipinski definition) is 3. The van der Waals surface area contributed by atoms with Crippen molar-refractivity contribution in [1.82, 2.24) is 4.90 Å². The van der Waals surface area contributed by atoms with Gasteiger partial charge in [-0.05, 0) is 61.2 Å². The minimum atomic E-state index is -4.73. The number of rotatable bonds is 6. The number of carbonyl (C=O) groups excluding carboxylic acids is 1. The lowest BCUT2D eigenvalue weighted by atomic mass is 10.1. The molecule has 0 aliphatic carbocycles. The summed E-state index contributed by atoms with van der Waals surface area (Å²) in [4.78, 5) is 16.9. The van der Waals surface area contributed by atoms with Crippen molar-refractivity contribution in [1.29, 1.82) is 0 Å². The Morgan fingerprint density at radius 2 is 1.77 bits per heavy atom. The highest BCUT2D eigenvalue weighted by molar-refractivity contribution is 9.10. The van der Waals surface area contributed by atoms with Crippen LogP contribution in [0.2, 0.25) is 0 Å². The van der Waals surface area contributed by atoms with Gasteiger partial charge in [0.25, 0.3) is 0 Å². The van der Waals surface area contributed by atoms with Crippen molar-refractivity contribution in [3.63, 3.8) is 0 Å². The number of ether oxygens (including phenoxy) is 1. The van der Waals surface area contributed by atoms with Gasteiger partial charge in [-0.15, -0.1) is 13.2 Å². The molecule has 4 nitrogen and oxygen atoms in total. The first-order valence-electron chi connectivity index (χ1n) is 9.90. The summed E-state index contributed by atoms with van der Waals surface area (Å²) < 4.78 is 42.1. The molecular weight excluding hydrogens is 461 g/mol. The van der Waals surface area contributed by atoms with E-state index in [9.17, 15) is 18.0 Å². The molecule has 0 radical (unpaired) electrons. The molecule has 8 heteroatoms. The zero-order chi connectivity index (χ0) is 21.7. The number of anilines is 1. The summed E-state index contributed by atoms with van der Waals surface area (Å²) in [7, 11) is 0. The lowest BCUT2D eigenvalue weighted by molar-refractivity contribution is -0.274. The van der Waals surface area contributed by atoms with Gasteiger partial charge in [0.2, 0.25) is 5.91 Å². The van der Waals surface area contributed by atoms with Gasteiger partial charge < -0.3 is 9.64 Å². The van der Waals surface area contributed by atoms with Crippen molar-refractivity contribution in [2.75, 3.05) is 24.5 Å². The van der Waals surface area contributed by atoms with E-state index in [0.717, 1.165) is 36.8 Å². The maximum atomic E-state index is 13.0. The van der Waals surface area contributed by atoms with Crippen LogP contribution in [0.3, 0.4) is 0 Å². The maximum Gasteiger partial charge on any atom is 0.573 e. The number of hydrogen-bond donors (Lipinski definition) is 0. The van der Waals surface area contributed by atoms with Crippen molar-refractivity contribution >= 4 is 27.5 Å². The zero-order valence-corrected chi connectivity index (χ0v) is 18.2. The fourth-order valence-electron chi connectivity index (χ4n) is 3.69. The first-order chi connectivity index (χ1) is 14.2. The third kappa shape index (κ3) is 6.22. The predicted octanol–water partition coefficient (Wildman–Crippen LogP) is 5.41. The normalized spacial score (nSPS) is 18.4. The van der Waals surface area contributed by atoms with E-state index in [-0.39, 0.29) is 24.2 Å². The third-order valence-corrected chi connectivity index (χ3v) is 5.75. The highest BCUT2D eigenvalue weighted by Gasteiger charge is 2.32. The Morgan fingerprint density at radius 3 is 2.37 bits per heavy atom. The minimum absolute atomic E-state index is 0.00423. The average molecular weight is 485 g/mol. The summed E-state index contributed by atoms with van der Waals surface area (Å²) in [6.07, 6.45) is -2.31. The van der Waals surface area contributed by atoms with E-state index in [4.69, 9.17) is 0 Å². The van der Waals surface area contributed by atoms with Gasteiger partial charge in [0.1, 0.15) is 5.75 Å². The van der Waals surface area contributed by atoms with Crippen LogP contribution in [0.25, 0.3) is 0 Å². The Kier molecular flexibility index (Phi) is 7.41. The lowest BCUT2D eigenvalue weighted by Gasteiger charge is -2.29. The quantitative estimate of drug-likeness (QED) is 0.549. The fourth-order valence-corrected chi connectivity index (χ4v) is 3.95. The number of amides is 1. The smallest absolute Gasteiger partial charge is 0.406 e. The Hall–Kier alpha value is -2.06. The molecule has 1 unspecified atom stereocenters. The van der Waals surface area contributed by atoms with Crippen LogP contribution in [0, 0.1) is 0 Å². The van der Waals surface area contributed by atoms with Crippen molar-refractivity contribution < 1.29 is 22.7 Å². The largest absolute Gasteiger partial charge is 0.573 e. The maximum absolute atomic E-state index is 13.0. The SMILES string of the molecule is CCC1CCN(CCc2ccc(Br)cc2)CC(=O)N1c1ccc(OC(F)(F)F)cc1. The van der Waals surface area contributed by atoms with Gasteiger partial charge in [-0.25, -0.2) is 0 Å². The number of benzene rings is 2. The first kappa shape index (κ1) is 22.6. The number of alkyl halides is 3. The average Bonchev–Trinajstić information content (AvgIpc) is 2.85. The third-order valence-electron chi connectivity index (χ3n) is 5.22. The van der Waals surface area contributed by atoms with Crippen LogP contribution in [-0.2, 0) is 11.2 Å². The molecule has 0 aromatic heterocycles. The van der Waals surface area contributed by atoms with E-state index < -0.39 is 6.36 Å². The molecular formula is C22H24BrF3N2O2. The summed E-state index contributed by atoms with van der Waals surface area (Å²) in [5, 5.41) is 0. The molecule has 1 aliphatic heterocycles. The fraction of sp³-hybridized carbons (Fsp3) is 0.409. The number of carbonyl (C=O) groups is 1. The molecule has 1 atom stereocenters. The molecule has 1 amide bonds. The number of nitrogens with zero attached hydrogens (tertiary/aromatic N) is 2. The summed E-state index contributed by atoms with van der Waals surface area (Å²) in [6, 6.07) is 13.7. The van der Waals surface area contributed by atoms with Crippen LogP contribution in [0.15, 0.2) is 53.0 Å². The van der Waals surface area contributed by atoms with Gasteiger partial charge in [0.15, 0.2) is 0 Å². The van der Waals surface area contributed by atoms with Gasteiger partial charge in [0.05, 0.1) is 6.54 Å². The molecule has 0 N–H and O–H groups in total. The van der Waals surface area contributed by atoms with Gasteiger partial charge in [-0.1, -0.05) is 35.0 Å². The lowest BCUT2D eigenvalue weighted by Crippen LogP contribution is -2.41. The summed E-state index contributed by atoms with van der Waals surface area (Å²) >= 11 is 3.43. The molecule has 0 bridgehead atoms. The Balaban J connectivity index is 1.68. The van der Waals surface area contributed by atoms with Crippen molar-refractivity contribution in [3.8, 4) is 5.75 Å². The number of halogens is 4. The highest BCUT2D eigenvalue weighted by Crippen LogP contribution is 2.28. The minimum Gasteiger partial charge on any atom is -0.406 e. The molecule has 1 saturated heterocycles. The predicted molar refractivity (Wildman–Crippen MR) is 114 cm³/mol. The van der Waals surface area contributed by atoms with Crippen molar-refractivity contribution in [3.05, 3.63) is 58.6 Å². The Bertz CT molecular complexity index is 841. The van der Waals surface area contributed by atoms with E-state index in [1.807, 2.05) is 19.1 Å². The van der Waals surface area contributed by atoms with E-state index in [2.05, 4.69) is 37.7 Å². The van der Waals surface area contributed by atoms with Gasteiger partial charge >= 0.3 is 6.36 Å². The molecule has 0 spiro atoms. The summed E-state index contributed by atoms with van der Waals surface area (Å²) in [5.41, 5.74) is 1.80. The van der Waals surface area contributed by atoms with Crippen LogP contribution in [0.1, 0.15) is 25.3 Å². The van der Waals surface area contributed by atoms with Crippen molar-refractivity contribution in [2.24, 2.45) is 0 Å². The monoisotopic (exact) mass is 484 g/mol. The van der Waals surface area contributed by atoms with Crippen LogP contribution >= 0.6 is 15.9 Å². The molecule has 1 heterocycles. The Labute approximate surface area is 182 Å². The zero-order valence-electron chi connectivity index (χ0n) is 16.7. The van der Waals surface area contributed by atoms with E-state index in [1.54, 1.807) is 4.90 Å². The van der Waals surface area contributed by atoms with Gasteiger partial charge in [-0.3, -0.25) is 9.69 Å². The topological polar surface area (TPSA) is 32.8 Å². The second-order valence-corrected chi connectivity index (χ2v) is 8.22. The second kappa shape index (κ2) is 9.83. The van der Waals surface area contributed by atoms with E-state index in [1.165, 1.54) is 29.8 Å². The first-order valence-corrected chi connectivity index (χ1v) is 10.7. The molecule has 3 rings (SSSR count). The van der Waals surface area contributed by atoms with Crippen LogP contribution < -0.4 is 9.64 Å². The van der Waals surface area contributed by atoms with E-state index in [0.29, 0.717) is 5.69 Å². The van der Waals surface area contributed by atoms with Crippen LogP contribution in [0.5, 0.6) is 5.75 Å². The molecule has 2 aromatic carbocycles. The van der Waals surface area contributed by atoms with Gasteiger partial charge in [-0.2, -0.15) is 0 Å². The van der Waals surface area contributed by atoms with Crippen LogP contribution in [-0.4, -0.2) is 42.8 Å². The standard InChI is InChI=1S/C22H24BrF3N2O2/c1-2-18-12-14-27(13-11-16-3-5-17(23)6-4-16)15-21(29)28(18)19-7-9-20(10-8-19)30-22(24,25)26/h3-10,18H,2,11-15H2,1H3. The second-order valence-electron chi connectivity index (χ2n) is 7.31. The molecule has 1 fully saturated rings. The molecule has 1 aliphatic rings. The van der Waals surface area contributed by atoms with Gasteiger partial charge in [0, 0.05) is 29.3 Å². The molecule has 0 saturated carbocycles. The molecule has 162 valence electrons. The highest BCUT2D eigenvalue weighted by atomic mass is 79.9. The van der Waals surface area contributed by atoms with E-state index >= 15 is 0 Å².